The average Bonchev–Trinajstić information content (AvgIpc) is 2.60. The zero-order chi connectivity index (χ0) is 11.8. The van der Waals surface area contributed by atoms with E-state index in [-0.39, 0.29) is 0 Å². The van der Waals surface area contributed by atoms with Gasteiger partial charge < -0.3 is 5.32 Å². The van der Waals surface area contributed by atoms with Crippen LogP contribution in [0.15, 0.2) is 0 Å². The van der Waals surface area contributed by atoms with E-state index in [0.29, 0.717) is 0 Å². The van der Waals surface area contributed by atoms with E-state index < -0.39 is 0 Å². The van der Waals surface area contributed by atoms with Crippen molar-refractivity contribution >= 4 is 0 Å². The first-order valence-corrected chi connectivity index (χ1v) is 7.72. The quantitative estimate of drug-likeness (QED) is 0.793. The first-order chi connectivity index (χ1) is 8.28. The molecule has 98 valence electrons. The Balaban J connectivity index is 1.68. The first-order valence-electron chi connectivity index (χ1n) is 7.72. The van der Waals surface area contributed by atoms with Crippen LogP contribution in [0.3, 0.4) is 0 Å². The maximum Gasteiger partial charge on any atom is 0.0116 e. The molecule has 0 radical (unpaired) electrons. The van der Waals surface area contributed by atoms with Gasteiger partial charge in [-0.1, -0.05) is 19.8 Å². The third kappa shape index (κ3) is 2.26. The molecule has 0 spiro atoms. The molecular weight excluding hydrogens is 208 g/mol. The van der Waals surface area contributed by atoms with Gasteiger partial charge in [0.1, 0.15) is 0 Å². The molecule has 1 N–H and O–H groups in total. The maximum absolute atomic E-state index is 3.51. The summed E-state index contributed by atoms with van der Waals surface area (Å²) >= 11 is 0. The summed E-state index contributed by atoms with van der Waals surface area (Å²) in [7, 11) is 2.14. The average molecular weight is 236 g/mol. The Bertz CT molecular complexity index is 252. The highest BCUT2D eigenvalue weighted by molar-refractivity contribution is 5.00. The van der Waals surface area contributed by atoms with Crippen molar-refractivity contribution in [3.05, 3.63) is 0 Å². The molecule has 3 rings (SSSR count). The van der Waals surface area contributed by atoms with E-state index in [2.05, 4.69) is 24.2 Å². The fourth-order valence-electron chi connectivity index (χ4n) is 4.72. The van der Waals surface area contributed by atoms with Gasteiger partial charge in [0.25, 0.3) is 0 Å². The number of hydrogen-bond acceptors (Lipinski definition) is 2. The van der Waals surface area contributed by atoms with Crippen molar-refractivity contribution in [2.75, 3.05) is 7.05 Å². The zero-order valence-electron chi connectivity index (χ0n) is 11.5. The van der Waals surface area contributed by atoms with Crippen molar-refractivity contribution in [1.82, 2.24) is 10.2 Å². The van der Waals surface area contributed by atoms with Crippen LogP contribution in [0.1, 0.15) is 58.3 Å². The van der Waals surface area contributed by atoms with Crippen molar-refractivity contribution in [2.24, 2.45) is 5.92 Å². The van der Waals surface area contributed by atoms with Crippen molar-refractivity contribution in [3.8, 4) is 0 Å². The Kier molecular flexibility index (Phi) is 3.45. The number of fused-ring (bicyclic) bond motifs is 2. The molecule has 3 fully saturated rings. The Morgan fingerprint density at radius 1 is 0.882 bits per heavy atom. The third-order valence-corrected chi connectivity index (χ3v) is 5.53. The highest BCUT2D eigenvalue weighted by Gasteiger charge is 2.43. The summed E-state index contributed by atoms with van der Waals surface area (Å²) in [6, 6.07) is 3.53. The van der Waals surface area contributed by atoms with E-state index in [1.54, 1.807) is 0 Å². The molecule has 3 aliphatic rings. The van der Waals surface area contributed by atoms with Crippen molar-refractivity contribution in [1.29, 1.82) is 0 Å². The monoisotopic (exact) mass is 236 g/mol. The summed E-state index contributed by atoms with van der Waals surface area (Å²) < 4.78 is 0. The van der Waals surface area contributed by atoms with Gasteiger partial charge in [-0.3, -0.25) is 4.90 Å². The minimum atomic E-state index is 0.796. The van der Waals surface area contributed by atoms with Crippen LogP contribution in [0, 0.1) is 5.92 Å². The van der Waals surface area contributed by atoms with Crippen molar-refractivity contribution < 1.29 is 0 Å². The van der Waals surface area contributed by atoms with Crippen LogP contribution in [0.5, 0.6) is 0 Å². The van der Waals surface area contributed by atoms with Gasteiger partial charge in [0, 0.05) is 24.2 Å². The fourth-order valence-corrected chi connectivity index (χ4v) is 4.72. The molecule has 0 aromatic carbocycles. The predicted molar refractivity (Wildman–Crippen MR) is 72.2 cm³/mol. The molecule has 0 aromatic rings. The second kappa shape index (κ2) is 4.89. The largest absolute Gasteiger partial charge is 0.317 e. The van der Waals surface area contributed by atoms with E-state index in [1.165, 1.54) is 51.4 Å². The summed E-state index contributed by atoms with van der Waals surface area (Å²) in [6.07, 6.45) is 11.6. The van der Waals surface area contributed by atoms with Crippen molar-refractivity contribution in [2.45, 2.75) is 82.5 Å². The van der Waals surface area contributed by atoms with Crippen LogP contribution >= 0.6 is 0 Å². The minimum Gasteiger partial charge on any atom is -0.317 e. The Labute approximate surface area is 106 Å². The van der Waals surface area contributed by atoms with Crippen LogP contribution in [-0.4, -0.2) is 36.1 Å². The molecule has 1 aliphatic carbocycles. The van der Waals surface area contributed by atoms with Gasteiger partial charge in [-0.15, -0.1) is 0 Å². The molecule has 4 unspecified atom stereocenters. The lowest BCUT2D eigenvalue weighted by atomic mass is 9.83. The minimum absolute atomic E-state index is 0.796. The zero-order valence-corrected chi connectivity index (χ0v) is 11.5. The summed E-state index contributed by atoms with van der Waals surface area (Å²) in [5.74, 6) is 0.968. The number of piperidine rings is 1. The molecule has 2 aliphatic heterocycles. The number of nitrogens with one attached hydrogen (secondary N) is 1. The summed E-state index contributed by atoms with van der Waals surface area (Å²) in [4.78, 5) is 2.95. The standard InChI is InChI=1S/C15H28N2/c1-11-4-3-5-13(8-11)17-14-6-7-15(17)10-12(9-14)16-2/h11-16H,3-10H2,1-2H3. The number of rotatable bonds is 2. The Morgan fingerprint density at radius 3 is 2.12 bits per heavy atom. The van der Waals surface area contributed by atoms with Gasteiger partial charge in [-0.05, 0) is 51.5 Å². The van der Waals surface area contributed by atoms with E-state index in [4.69, 9.17) is 0 Å². The SMILES string of the molecule is CNC1CC2CCC(C1)N2C1CCCC(C)C1. The van der Waals surface area contributed by atoms with E-state index in [9.17, 15) is 0 Å². The second-order valence-electron chi connectivity index (χ2n) is 6.71. The summed E-state index contributed by atoms with van der Waals surface area (Å²) in [6.45, 7) is 2.45. The summed E-state index contributed by atoms with van der Waals surface area (Å²) in [5, 5.41) is 3.51. The molecule has 4 atom stereocenters. The third-order valence-electron chi connectivity index (χ3n) is 5.53. The van der Waals surface area contributed by atoms with Crippen LogP contribution in [-0.2, 0) is 0 Å². The van der Waals surface area contributed by atoms with Crippen LogP contribution in [0.4, 0.5) is 0 Å². The Morgan fingerprint density at radius 2 is 1.53 bits per heavy atom. The predicted octanol–water partition coefficient (Wildman–Crippen LogP) is 2.78. The van der Waals surface area contributed by atoms with Crippen LogP contribution in [0.25, 0.3) is 0 Å². The number of hydrogen-bond donors (Lipinski definition) is 1. The fraction of sp³-hybridized carbons (Fsp3) is 1.00. The van der Waals surface area contributed by atoms with Crippen LogP contribution < -0.4 is 5.32 Å². The van der Waals surface area contributed by atoms with Gasteiger partial charge in [-0.25, -0.2) is 0 Å². The van der Waals surface area contributed by atoms with E-state index >= 15 is 0 Å². The lowest BCUT2D eigenvalue weighted by Gasteiger charge is -2.46. The molecule has 2 saturated heterocycles. The molecular formula is C15H28N2. The lowest BCUT2D eigenvalue weighted by Crippen LogP contribution is -2.53. The molecule has 0 amide bonds. The van der Waals surface area contributed by atoms with Crippen LogP contribution in [0.2, 0.25) is 0 Å². The van der Waals surface area contributed by atoms with Gasteiger partial charge in [0.15, 0.2) is 0 Å². The van der Waals surface area contributed by atoms with Gasteiger partial charge >= 0.3 is 0 Å². The molecule has 2 nitrogen and oxygen atoms in total. The molecule has 2 heteroatoms. The van der Waals surface area contributed by atoms with E-state index in [0.717, 1.165) is 30.1 Å². The second-order valence-corrected chi connectivity index (χ2v) is 6.71. The summed E-state index contributed by atoms with van der Waals surface area (Å²) in [5.41, 5.74) is 0. The highest BCUT2D eigenvalue weighted by atomic mass is 15.3. The van der Waals surface area contributed by atoms with Gasteiger partial charge in [-0.2, -0.15) is 0 Å². The smallest absolute Gasteiger partial charge is 0.0116 e. The molecule has 1 saturated carbocycles. The highest BCUT2D eigenvalue weighted by Crippen LogP contribution is 2.41. The first kappa shape index (κ1) is 12.0. The maximum atomic E-state index is 3.51. The van der Waals surface area contributed by atoms with Crippen molar-refractivity contribution in [3.63, 3.8) is 0 Å². The lowest BCUT2D eigenvalue weighted by molar-refractivity contribution is 0.0427. The van der Waals surface area contributed by atoms with E-state index in [1.807, 2.05) is 0 Å². The molecule has 2 heterocycles. The Hall–Kier alpha value is -0.0800. The molecule has 17 heavy (non-hydrogen) atoms. The number of nitrogens with zero attached hydrogens (tertiary/aromatic N) is 1. The molecule has 0 aromatic heterocycles. The van der Waals surface area contributed by atoms with Gasteiger partial charge in [0.2, 0.25) is 0 Å². The topological polar surface area (TPSA) is 15.3 Å². The normalized spacial score (nSPS) is 47.3. The van der Waals surface area contributed by atoms with Gasteiger partial charge in [0.05, 0.1) is 0 Å². The molecule has 2 bridgehead atoms.